The summed E-state index contributed by atoms with van der Waals surface area (Å²) in [6, 6.07) is -0.623. The van der Waals surface area contributed by atoms with Crippen molar-refractivity contribution in [2.75, 3.05) is 33.1 Å². The Kier molecular flexibility index (Phi) is 8.05. The second-order valence-electron chi connectivity index (χ2n) is 3.56. The molecule has 4 N–H and O–H groups in total. The number of sulfonamides is 1. The topological polar surface area (TPSA) is 111 Å². The number of hydrogen-bond acceptors (Lipinski definition) is 5. The van der Waals surface area contributed by atoms with E-state index in [-0.39, 0.29) is 18.2 Å². The molecule has 0 aliphatic rings. The van der Waals surface area contributed by atoms with Crippen molar-refractivity contribution >= 4 is 15.9 Å². The Labute approximate surface area is 102 Å². The molecule has 1 atom stereocenters. The van der Waals surface area contributed by atoms with Crippen molar-refractivity contribution in [1.29, 1.82) is 0 Å². The van der Waals surface area contributed by atoms with E-state index in [4.69, 9.17) is 10.5 Å². The maximum atomic E-state index is 11.4. The van der Waals surface area contributed by atoms with Crippen LogP contribution < -0.4 is 15.8 Å². The van der Waals surface area contributed by atoms with Crippen LogP contribution in [-0.2, 0) is 19.6 Å². The monoisotopic (exact) mass is 267 g/mol. The van der Waals surface area contributed by atoms with Crippen LogP contribution in [0.1, 0.15) is 12.8 Å². The normalized spacial score (nSPS) is 13.4. The molecule has 0 spiro atoms. The van der Waals surface area contributed by atoms with Gasteiger partial charge in [0.25, 0.3) is 0 Å². The van der Waals surface area contributed by atoms with Crippen LogP contribution in [-0.4, -0.2) is 53.4 Å². The molecule has 1 amide bonds. The molecule has 1 unspecified atom stereocenters. The molecule has 0 aromatic heterocycles. The summed E-state index contributed by atoms with van der Waals surface area (Å²) in [6.45, 7) is 0.606. The highest BCUT2D eigenvalue weighted by atomic mass is 32.2. The number of methoxy groups -OCH3 is 1. The fourth-order valence-electron chi connectivity index (χ4n) is 1.12. The lowest BCUT2D eigenvalue weighted by Crippen LogP contribution is -2.43. The fraction of sp³-hybridized carbons (Fsp3) is 0.889. The maximum absolute atomic E-state index is 11.4. The number of hydrogen-bond donors (Lipinski definition) is 3. The van der Waals surface area contributed by atoms with Gasteiger partial charge in [0.15, 0.2) is 0 Å². The van der Waals surface area contributed by atoms with Crippen LogP contribution in [0.4, 0.5) is 0 Å². The van der Waals surface area contributed by atoms with Gasteiger partial charge in [-0.15, -0.1) is 0 Å². The van der Waals surface area contributed by atoms with Gasteiger partial charge in [-0.2, -0.15) is 0 Å². The molecule has 0 aromatic rings. The summed E-state index contributed by atoms with van der Waals surface area (Å²) < 4.78 is 29.1. The van der Waals surface area contributed by atoms with Crippen LogP contribution in [0.3, 0.4) is 0 Å². The van der Waals surface area contributed by atoms with Gasteiger partial charge in [-0.3, -0.25) is 4.79 Å². The van der Waals surface area contributed by atoms with Crippen molar-refractivity contribution in [3.05, 3.63) is 0 Å². The second kappa shape index (κ2) is 8.40. The standard InChI is InChI=1S/C9H21N3O4S/c1-11-17(14,15)7-5-12-9(13)8(10)4-3-6-16-2/h8,11H,3-7,10H2,1-2H3,(H,12,13). The lowest BCUT2D eigenvalue weighted by molar-refractivity contribution is -0.122. The van der Waals surface area contributed by atoms with E-state index in [9.17, 15) is 13.2 Å². The van der Waals surface area contributed by atoms with Crippen LogP contribution in [0, 0.1) is 0 Å². The molecule has 0 radical (unpaired) electrons. The predicted octanol–water partition coefficient (Wildman–Crippen LogP) is -1.59. The quantitative estimate of drug-likeness (QED) is 0.436. The molecule has 0 saturated carbocycles. The van der Waals surface area contributed by atoms with E-state index in [0.29, 0.717) is 19.4 Å². The molecule has 0 aliphatic carbocycles. The summed E-state index contributed by atoms with van der Waals surface area (Å²) >= 11 is 0. The zero-order chi connectivity index (χ0) is 13.3. The molecular formula is C9H21N3O4S. The third-order valence-corrected chi connectivity index (χ3v) is 3.54. The van der Waals surface area contributed by atoms with Gasteiger partial charge in [-0.1, -0.05) is 0 Å². The number of nitrogens with one attached hydrogen (secondary N) is 2. The summed E-state index contributed by atoms with van der Waals surface area (Å²) in [5.74, 6) is -0.493. The average molecular weight is 267 g/mol. The number of nitrogens with two attached hydrogens (primary N) is 1. The molecule has 0 bridgehead atoms. The van der Waals surface area contributed by atoms with Gasteiger partial charge in [0, 0.05) is 20.3 Å². The van der Waals surface area contributed by atoms with E-state index in [1.807, 2.05) is 0 Å². The summed E-state index contributed by atoms with van der Waals surface area (Å²) in [6.07, 6.45) is 1.21. The predicted molar refractivity (Wildman–Crippen MR) is 64.9 cm³/mol. The lowest BCUT2D eigenvalue weighted by Gasteiger charge is -2.11. The van der Waals surface area contributed by atoms with E-state index < -0.39 is 16.1 Å². The van der Waals surface area contributed by atoms with Crippen LogP contribution in [0.25, 0.3) is 0 Å². The third kappa shape index (κ3) is 8.08. The second-order valence-corrected chi connectivity index (χ2v) is 5.60. The van der Waals surface area contributed by atoms with Crippen molar-refractivity contribution in [1.82, 2.24) is 10.0 Å². The van der Waals surface area contributed by atoms with Crippen molar-refractivity contribution in [3.63, 3.8) is 0 Å². The zero-order valence-corrected chi connectivity index (χ0v) is 11.0. The highest BCUT2D eigenvalue weighted by Gasteiger charge is 2.13. The van der Waals surface area contributed by atoms with E-state index in [1.54, 1.807) is 7.11 Å². The average Bonchev–Trinajstić information content (AvgIpc) is 2.29. The van der Waals surface area contributed by atoms with Gasteiger partial charge >= 0.3 is 0 Å². The Balaban J connectivity index is 3.78. The van der Waals surface area contributed by atoms with Crippen molar-refractivity contribution in [3.8, 4) is 0 Å². The van der Waals surface area contributed by atoms with Gasteiger partial charge < -0.3 is 15.8 Å². The Bertz CT molecular complexity index is 318. The number of carbonyl (C=O) groups is 1. The lowest BCUT2D eigenvalue weighted by atomic mass is 10.1. The fourth-order valence-corrected chi connectivity index (χ4v) is 1.70. The van der Waals surface area contributed by atoms with E-state index in [1.165, 1.54) is 7.05 Å². The highest BCUT2D eigenvalue weighted by Crippen LogP contribution is 1.94. The van der Waals surface area contributed by atoms with Crippen molar-refractivity contribution in [2.45, 2.75) is 18.9 Å². The Hall–Kier alpha value is -0.700. The number of carbonyl (C=O) groups excluding carboxylic acids is 1. The van der Waals surface area contributed by atoms with Crippen molar-refractivity contribution in [2.24, 2.45) is 5.73 Å². The Morgan fingerprint density at radius 1 is 1.47 bits per heavy atom. The first-order chi connectivity index (χ1) is 7.93. The Morgan fingerprint density at radius 3 is 2.65 bits per heavy atom. The summed E-state index contributed by atoms with van der Waals surface area (Å²) in [4.78, 5) is 11.4. The number of ether oxygens (including phenoxy) is 1. The number of amides is 1. The molecule has 0 aliphatic heterocycles. The van der Waals surface area contributed by atoms with Gasteiger partial charge in [-0.05, 0) is 19.9 Å². The summed E-state index contributed by atoms with van der Waals surface area (Å²) in [5.41, 5.74) is 5.61. The largest absolute Gasteiger partial charge is 0.385 e. The molecule has 0 saturated heterocycles. The van der Waals surface area contributed by atoms with Gasteiger partial charge in [0.2, 0.25) is 15.9 Å². The first-order valence-corrected chi connectivity index (χ1v) is 7.01. The zero-order valence-electron chi connectivity index (χ0n) is 10.2. The van der Waals surface area contributed by atoms with E-state index >= 15 is 0 Å². The van der Waals surface area contributed by atoms with Crippen LogP contribution >= 0.6 is 0 Å². The molecule has 0 heterocycles. The van der Waals surface area contributed by atoms with Crippen LogP contribution in [0.2, 0.25) is 0 Å². The smallest absolute Gasteiger partial charge is 0.236 e. The van der Waals surface area contributed by atoms with Gasteiger partial charge in [-0.25, -0.2) is 13.1 Å². The molecular weight excluding hydrogens is 246 g/mol. The molecule has 8 heteroatoms. The van der Waals surface area contributed by atoms with Crippen molar-refractivity contribution < 1.29 is 17.9 Å². The van der Waals surface area contributed by atoms with Crippen LogP contribution in [0.15, 0.2) is 0 Å². The third-order valence-electron chi connectivity index (χ3n) is 2.18. The molecule has 17 heavy (non-hydrogen) atoms. The molecule has 7 nitrogen and oxygen atoms in total. The minimum atomic E-state index is -3.29. The molecule has 0 aromatic carbocycles. The van der Waals surface area contributed by atoms with Crippen LogP contribution in [0.5, 0.6) is 0 Å². The molecule has 0 fully saturated rings. The number of rotatable bonds is 9. The summed E-state index contributed by atoms with van der Waals surface area (Å²) in [5, 5.41) is 2.48. The SMILES string of the molecule is CNS(=O)(=O)CCNC(=O)C(N)CCCOC. The van der Waals surface area contributed by atoms with E-state index in [0.717, 1.165) is 0 Å². The Morgan fingerprint density at radius 2 is 2.12 bits per heavy atom. The summed E-state index contributed by atoms with van der Waals surface area (Å²) in [7, 11) is -0.383. The first kappa shape index (κ1) is 16.3. The molecule has 0 rings (SSSR count). The maximum Gasteiger partial charge on any atom is 0.236 e. The molecule has 102 valence electrons. The highest BCUT2D eigenvalue weighted by molar-refractivity contribution is 7.89. The minimum Gasteiger partial charge on any atom is -0.385 e. The van der Waals surface area contributed by atoms with Gasteiger partial charge in [0.05, 0.1) is 11.8 Å². The first-order valence-electron chi connectivity index (χ1n) is 5.36. The van der Waals surface area contributed by atoms with E-state index in [2.05, 4.69) is 10.0 Å². The minimum absolute atomic E-state index is 0.0555. The van der Waals surface area contributed by atoms with Gasteiger partial charge in [0.1, 0.15) is 0 Å².